The van der Waals surface area contributed by atoms with E-state index in [9.17, 15) is 4.79 Å². The van der Waals surface area contributed by atoms with Crippen LogP contribution in [0.2, 0.25) is 0 Å². The van der Waals surface area contributed by atoms with E-state index < -0.39 is 0 Å². The minimum atomic E-state index is 0.119. The number of benzene rings is 1. The molecule has 29 heavy (non-hydrogen) atoms. The van der Waals surface area contributed by atoms with Gasteiger partial charge in [-0.15, -0.1) is 0 Å². The molecule has 1 unspecified atom stereocenters. The summed E-state index contributed by atoms with van der Waals surface area (Å²) >= 11 is 0. The molecular formula is C25H38N2O2. The Kier molecular flexibility index (Phi) is 11.2. The maximum Gasteiger partial charge on any atom is 0.220 e. The number of carbonyl (C=O) groups excluding carboxylic acids is 1. The van der Waals surface area contributed by atoms with Crippen LogP contribution in [0, 0.1) is 0 Å². The van der Waals surface area contributed by atoms with Crippen molar-refractivity contribution in [2.75, 3.05) is 13.7 Å². The fraction of sp³-hybridized carbons (Fsp3) is 0.560. The number of hydrogen-bond donors (Lipinski definition) is 2. The van der Waals surface area contributed by atoms with Gasteiger partial charge < -0.3 is 15.0 Å². The summed E-state index contributed by atoms with van der Waals surface area (Å²) in [5.74, 6) is 0.119. The predicted octanol–water partition coefficient (Wildman–Crippen LogP) is 5.93. The molecule has 2 rings (SSSR count). The predicted molar refractivity (Wildman–Crippen MR) is 122 cm³/mol. The molecule has 1 aromatic carbocycles. The first kappa shape index (κ1) is 23.2. The molecule has 0 saturated carbocycles. The molecule has 0 aliphatic rings. The largest absolute Gasteiger partial charge is 0.381 e. The molecular weight excluding hydrogens is 360 g/mol. The summed E-state index contributed by atoms with van der Waals surface area (Å²) in [5, 5.41) is 4.27. The molecule has 0 spiro atoms. The number of unbranched alkanes of at least 4 members (excludes halogenated alkanes) is 4. The average Bonchev–Trinajstić information content (AvgIpc) is 3.15. The van der Waals surface area contributed by atoms with E-state index >= 15 is 0 Å². The van der Waals surface area contributed by atoms with Crippen LogP contribution in [-0.4, -0.2) is 30.6 Å². The number of amides is 1. The van der Waals surface area contributed by atoms with E-state index in [4.69, 9.17) is 4.74 Å². The van der Waals surface area contributed by atoms with E-state index in [-0.39, 0.29) is 5.91 Å². The third kappa shape index (κ3) is 8.86. The van der Waals surface area contributed by atoms with Gasteiger partial charge in [0.15, 0.2) is 0 Å². The van der Waals surface area contributed by atoms with Crippen molar-refractivity contribution in [2.45, 2.75) is 77.2 Å². The first-order valence-electron chi connectivity index (χ1n) is 11.2. The van der Waals surface area contributed by atoms with Gasteiger partial charge in [-0.3, -0.25) is 4.79 Å². The number of para-hydroxylation sites is 1. The van der Waals surface area contributed by atoms with E-state index in [1.165, 1.54) is 43.1 Å². The van der Waals surface area contributed by atoms with Gasteiger partial charge in [-0.05, 0) is 37.3 Å². The highest BCUT2D eigenvalue weighted by molar-refractivity contribution is 5.83. The summed E-state index contributed by atoms with van der Waals surface area (Å²) in [6.07, 6.45) is 17.3. The lowest BCUT2D eigenvalue weighted by atomic mass is 10.1. The summed E-state index contributed by atoms with van der Waals surface area (Å²) in [4.78, 5) is 15.3. The van der Waals surface area contributed by atoms with Crippen LogP contribution in [-0.2, 0) is 16.0 Å². The normalized spacial score (nSPS) is 12.6. The Labute approximate surface area is 176 Å². The second-order valence-electron chi connectivity index (χ2n) is 7.77. The summed E-state index contributed by atoms with van der Waals surface area (Å²) in [7, 11) is 1.80. The molecule has 4 heteroatoms. The van der Waals surface area contributed by atoms with Crippen LogP contribution in [0.1, 0.15) is 70.3 Å². The third-order valence-corrected chi connectivity index (χ3v) is 5.46. The molecule has 0 aliphatic heterocycles. The van der Waals surface area contributed by atoms with Gasteiger partial charge in [0.2, 0.25) is 5.91 Å². The highest BCUT2D eigenvalue weighted by atomic mass is 16.5. The van der Waals surface area contributed by atoms with E-state index in [1.54, 1.807) is 7.11 Å². The molecule has 2 aromatic rings. The fourth-order valence-corrected chi connectivity index (χ4v) is 3.65. The molecule has 2 N–H and O–H groups in total. The van der Waals surface area contributed by atoms with Gasteiger partial charge in [0, 0.05) is 37.2 Å². The topological polar surface area (TPSA) is 54.1 Å². The molecule has 1 heterocycles. The van der Waals surface area contributed by atoms with Gasteiger partial charge in [0.25, 0.3) is 0 Å². The molecule has 1 amide bonds. The monoisotopic (exact) mass is 398 g/mol. The zero-order chi connectivity index (χ0) is 20.7. The van der Waals surface area contributed by atoms with Gasteiger partial charge in [0.05, 0.1) is 6.10 Å². The van der Waals surface area contributed by atoms with Crippen molar-refractivity contribution in [1.82, 2.24) is 10.3 Å². The number of aromatic nitrogens is 1. The van der Waals surface area contributed by atoms with E-state index in [0.29, 0.717) is 19.1 Å². The number of rotatable bonds is 15. The average molecular weight is 399 g/mol. The van der Waals surface area contributed by atoms with Crippen LogP contribution in [0.5, 0.6) is 0 Å². The molecule has 1 atom stereocenters. The van der Waals surface area contributed by atoms with Crippen LogP contribution in [0.15, 0.2) is 42.6 Å². The van der Waals surface area contributed by atoms with Crippen molar-refractivity contribution in [1.29, 1.82) is 0 Å². The number of carbonyl (C=O) groups is 1. The Morgan fingerprint density at radius 2 is 2.00 bits per heavy atom. The van der Waals surface area contributed by atoms with Crippen LogP contribution in [0.4, 0.5) is 0 Å². The summed E-state index contributed by atoms with van der Waals surface area (Å²) in [6.45, 7) is 2.92. The quantitative estimate of drug-likeness (QED) is 0.289. The Morgan fingerprint density at radius 3 is 2.83 bits per heavy atom. The number of allylic oxidation sites excluding steroid dienone is 1. The molecule has 1 aromatic heterocycles. The Bertz CT molecular complexity index is 735. The molecule has 0 radical (unpaired) electrons. The number of aromatic amines is 1. The van der Waals surface area contributed by atoms with Gasteiger partial charge in [0.1, 0.15) is 0 Å². The van der Waals surface area contributed by atoms with E-state index in [1.807, 2.05) is 18.3 Å². The maximum absolute atomic E-state index is 12.0. The van der Waals surface area contributed by atoms with Crippen molar-refractivity contribution in [2.24, 2.45) is 0 Å². The second kappa shape index (κ2) is 14.0. The molecule has 0 bridgehead atoms. The van der Waals surface area contributed by atoms with Crippen LogP contribution < -0.4 is 5.32 Å². The minimum Gasteiger partial charge on any atom is -0.381 e. The van der Waals surface area contributed by atoms with Gasteiger partial charge in [-0.1, -0.05) is 69.4 Å². The number of methoxy groups -OCH3 is 1. The van der Waals surface area contributed by atoms with Crippen LogP contribution in [0.25, 0.3) is 10.9 Å². The number of fused-ring (bicyclic) bond motifs is 1. The first-order valence-corrected chi connectivity index (χ1v) is 11.2. The van der Waals surface area contributed by atoms with Gasteiger partial charge >= 0.3 is 0 Å². The standard InChI is InChI=1S/C25H38N2O2/c1-3-4-5-6-8-13-22(29-2)14-9-7-10-17-25(28)26-19-18-21-20-27-24-16-12-11-15-23(21)24/h7,9,11-12,15-16,20,22,27H,3-6,8,10,13-14,17-19H2,1-2H3,(H,26,28)/b9-7+. The third-order valence-electron chi connectivity index (χ3n) is 5.46. The molecule has 4 nitrogen and oxygen atoms in total. The van der Waals surface area contributed by atoms with E-state index in [0.717, 1.165) is 31.2 Å². The first-order chi connectivity index (χ1) is 14.2. The minimum absolute atomic E-state index is 0.119. The van der Waals surface area contributed by atoms with Crippen LogP contribution in [0.3, 0.4) is 0 Å². The van der Waals surface area contributed by atoms with Crippen molar-refractivity contribution in [3.63, 3.8) is 0 Å². The number of ether oxygens (including phenoxy) is 1. The summed E-state index contributed by atoms with van der Waals surface area (Å²) < 4.78 is 5.57. The SMILES string of the molecule is CCCCCCCC(C/C=C/CCC(=O)NCCc1c[nH]c2ccccc12)OC. The molecule has 0 fully saturated rings. The zero-order valence-corrected chi connectivity index (χ0v) is 18.2. The van der Waals surface area contributed by atoms with Crippen LogP contribution >= 0.6 is 0 Å². The molecule has 0 saturated heterocycles. The van der Waals surface area contributed by atoms with Crippen molar-refractivity contribution in [3.05, 3.63) is 48.2 Å². The maximum atomic E-state index is 12.0. The number of hydrogen-bond acceptors (Lipinski definition) is 2. The summed E-state index contributed by atoms with van der Waals surface area (Å²) in [6, 6.07) is 8.27. The van der Waals surface area contributed by atoms with E-state index in [2.05, 4.69) is 41.5 Å². The number of H-pyrrole nitrogens is 1. The van der Waals surface area contributed by atoms with Gasteiger partial charge in [-0.25, -0.2) is 0 Å². The Morgan fingerprint density at radius 1 is 1.17 bits per heavy atom. The summed E-state index contributed by atoms with van der Waals surface area (Å²) in [5.41, 5.74) is 2.40. The lowest BCUT2D eigenvalue weighted by molar-refractivity contribution is -0.120. The van der Waals surface area contributed by atoms with Crippen molar-refractivity contribution >= 4 is 16.8 Å². The Hall–Kier alpha value is -2.07. The molecule has 0 aliphatic carbocycles. The van der Waals surface area contributed by atoms with Crippen molar-refractivity contribution < 1.29 is 9.53 Å². The Balaban J connectivity index is 1.55. The fourth-order valence-electron chi connectivity index (χ4n) is 3.65. The van der Waals surface area contributed by atoms with Gasteiger partial charge in [-0.2, -0.15) is 0 Å². The highest BCUT2D eigenvalue weighted by Crippen LogP contribution is 2.17. The second-order valence-corrected chi connectivity index (χ2v) is 7.77. The zero-order valence-electron chi connectivity index (χ0n) is 18.2. The smallest absolute Gasteiger partial charge is 0.220 e. The highest BCUT2D eigenvalue weighted by Gasteiger charge is 2.06. The molecule has 160 valence electrons. The van der Waals surface area contributed by atoms with Crippen molar-refractivity contribution in [3.8, 4) is 0 Å². The lowest BCUT2D eigenvalue weighted by Gasteiger charge is -2.12. The number of nitrogens with one attached hydrogen (secondary N) is 2. The lowest BCUT2D eigenvalue weighted by Crippen LogP contribution is -2.25.